The molecule has 88 valence electrons. The van der Waals surface area contributed by atoms with Gasteiger partial charge in [-0.05, 0) is 30.5 Å². The highest BCUT2D eigenvalue weighted by Gasteiger charge is 2.12. The second-order valence-corrected chi connectivity index (χ2v) is 4.46. The number of hydrogen-bond acceptors (Lipinski definition) is 3. The van der Waals surface area contributed by atoms with E-state index in [4.69, 9.17) is 16.3 Å². The summed E-state index contributed by atoms with van der Waals surface area (Å²) in [5.41, 5.74) is 1.09. The average Bonchev–Trinajstić information content (AvgIpc) is 2.32. The SMILES string of the molecule is Oc1ccc(CNC2CCOCC2)cc1Cl. The van der Waals surface area contributed by atoms with Crippen molar-refractivity contribution in [3.05, 3.63) is 28.8 Å². The van der Waals surface area contributed by atoms with Crippen molar-refractivity contribution < 1.29 is 9.84 Å². The van der Waals surface area contributed by atoms with Crippen LogP contribution in [-0.4, -0.2) is 24.4 Å². The van der Waals surface area contributed by atoms with E-state index < -0.39 is 0 Å². The summed E-state index contributed by atoms with van der Waals surface area (Å²) in [4.78, 5) is 0. The van der Waals surface area contributed by atoms with Gasteiger partial charge in [-0.1, -0.05) is 17.7 Å². The molecule has 0 bridgehead atoms. The second kappa shape index (κ2) is 5.53. The maximum absolute atomic E-state index is 9.29. The van der Waals surface area contributed by atoms with Crippen LogP contribution >= 0.6 is 11.6 Å². The van der Waals surface area contributed by atoms with E-state index in [-0.39, 0.29) is 5.75 Å². The lowest BCUT2D eigenvalue weighted by molar-refractivity contribution is 0.0776. The number of halogens is 1. The number of benzene rings is 1. The van der Waals surface area contributed by atoms with Gasteiger partial charge in [0.25, 0.3) is 0 Å². The Bertz CT molecular complexity index is 351. The zero-order valence-corrected chi connectivity index (χ0v) is 9.83. The van der Waals surface area contributed by atoms with Crippen LogP contribution in [0.15, 0.2) is 18.2 Å². The lowest BCUT2D eigenvalue weighted by Gasteiger charge is -2.23. The van der Waals surface area contributed by atoms with Crippen LogP contribution in [0.1, 0.15) is 18.4 Å². The van der Waals surface area contributed by atoms with Crippen molar-refractivity contribution in [2.75, 3.05) is 13.2 Å². The summed E-state index contributed by atoms with van der Waals surface area (Å²) < 4.78 is 5.29. The van der Waals surface area contributed by atoms with E-state index in [1.54, 1.807) is 12.1 Å². The van der Waals surface area contributed by atoms with Crippen LogP contribution < -0.4 is 5.32 Å². The van der Waals surface area contributed by atoms with Gasteiger partial charge in [0, 0.05) is 25.8 Å². The Morgan fingerprint density at radius 3 is 2.81 bits per heavy atom. The fraction of sp³-hybridized carbons (Fsp3) is 0.500. The zero-order chi connectivity index (χ0) is 11.4. The van der Waals surface area contributed by atoms with E-state index in [0.29, 0.717) is 11.1 Å². The van der Waals surface area contributed by atoms with Crippen molar-refractivity contribution in [1.82, 2.24) is 5.32 Å². The van der Waals surface area contributed by atoms with E-state index in [0.717, 1.165) is 38.2 Å². The largest absolute Gasteiger partial charge is 0.506 e. The Kier molecular flexibility index (Phi) is 4.04. The van der Waals surface area contributed by atoms with E-state index in [2.05, 4.69) is 5.32 Å². The maximum Gasteiger partial charge on any atom is 0.134 e. The lowest BCUT2D eigenvalue weighted by Crippen LogP contribution is -2.34. The maximum atomic E-state index is 9.29. The molecule has 1 aromatic rings. The normalized spacial score (nSPS) is 17.6. The molecule has 1 aliphatic heterocycles. The van der Waals surface area contributed by atoms with Gasteiger partial charge in [0.15, 0.2) is 0 Å². The van der Waals surface area contributed by atoms with Gasteiger partial charge in [0.2, 0.25) is 0 Å². The molecule has 2 N–H and O–H groups in total. The van der Waals surface area contributed by atoms with Crippen LogP contribution in [0.2, 0.25) is 5.02 Å². The molecule has 3 nitrogen and oxygen atoms in total. The highest BCUT2D eigenvalue weighted by molar-refractivity contribution is 6.32. The summed E-state index contributed by atoms with van der Waals surface area (Å²) in [5, 5.41) is 13.2. The van der Waals surface area contributed by atoms with Gasteiger partial charge in [0.05, 0.1) is 5.02 Å². The van der Waals surface area contributed by atoms with E-state index in [1.807, 2.05) is 6.07 Å². The minimum Gasteiger partial charge on any atom is -0.506 e. The molecule has 1 aliphatic rings. The minimum atomic E-state index is 0.136. The van der Waals surface area contributed by atoms with Gasteiger partial charge in [-0.25, -0.2) is 0 Å². The monoisotopic (exact) mass is 241 g/mol. The van der Waals surface area contributed by atoms with Crippen LogP contribution in [0.4, 0.5) is 0 Å². The molecule has 0 aliphatic carbocycles. The predicted molar refractivity (Wildman–Crippen MR) is 63.8 cm³/mol. The zero-order valence-electron chi connectivity index (χ0n) is 9.08. The fourth-order valence-electron chi connectivity index (χ4n) is 1.82. The molecule has 0 saturated carbocycles. The second-order valence-electron chi connectivity index (χ2n) is 4.05. The smallest absolute Gasteiger partial charge is 0.134 e. The molecule has 0 unspecified atom stereocenters. The number of aromatic hydroxyl groups is 1. The summed E-state index contributed by atoms with van der Waals surface area (Å²) in [6.07, 6.45) is 2.12. The topological polar surface area (TPSA) is 41.5 Å². The molecule has 2 rings (SSSR count). The summed E-state index contributed by atoms with van der Waals surface area (Å²) in [6.45, 7) is 2.46. The Labute approximate surface area is 100 Å². The van der Waals surface area contributed by atoms with E-state index >= 15 is 0 Å². The Morgan fingerprint density at radius 1 is 1.38 bits per heavy atom. The van der Waals surface area contributed by atoms with Crippen molar-refractivity contribution in [3.8, 4) is 5.75 Å². The Morgan fingerprint density at radius 2 is 2.12 bits per heavy atom. The number of phenolic OH excluding ortho intramolecular Hbond substituents is 1. The van der Waals surface area contributed by atoms with E-state index in [9.17, 15) is 5.11 Å². The standard InChI is InChI=1S/C12H16ClNO2/c13-11-7-9(1-2-12(11)15)8-14-10-3-5-16-6-4-10/h1-2,7,10,14-15H,3-6,8H2. The van der Waals surface area contributed by atoms with Crippen molar-refractivity contribution in [3.63, 3.8) is 0 Å². The van der Waals surface area contributed by atoms with Crippen LogP contribution in [0.3, 0.4) is 0 Å². The molecular formula is C12H16ClNO2. The first-order chi connectivity index (χ1) is 7.75. The van der Waals surface area contributed by atoms with Crippen LogP contribution in [-0.2, 0) is 11.3 Å². The number of nitrogens with one attached hydrogen (secondary N) is 1. The molecule has 1 heterocycles. The fourth-order valence-corrected chi connectivity index (χ4v) is 2.03. The highest BCUT2D eigenvalue weighted by Crippen LogP contribution is 2.23. The number of phenols is 1. The Hall–Kier alpha value is -0.770. The number of ether oxygens (including phenoxy) is 1. The van der Waals surface area contributed by atoms with Gasteiger partial charge < -0.3 is 15.2 Å². The van der Waals surface area contributed by atoms with Crippen molar-refractivity contribution in [2.24, 2.45) is 0 Å². The molecule has 1 fully saturated rings. The third kappa shape index (κ3) is 3.11. The predicted octanol–water partition coefficient (Wildman–Crippen LogP) is 2.31. The molecule has 0 aromatic heterocycles. The lowest BCUT2D eigenvalue weighted by atomic mass is 10.1. The van der Waals surface area contributed by atoms with Crippen molar-refractivity contribution in [2.45, 2.75) is 25.4 Å². The first-order valence-corrected chi connectivity index (χ1v) is 5.92. The summed E-state index contributed by atoms with van der Waals surface area (Å²) >= 11 is 5.84. The highest BCUT2D eigenvalue weighted by atomic mass is 35.5. The van der Waals surface area contributed by atoms with Crippen LogP contribution in [0.25, 0.3) is 0 Å². The first-order valence-electron chi connectivity index (χ1n) is 5.54. The summed E-state index contributed by atoms with van der Waals surface area (Å²) in [5.74, 6) is 0.136. The summed E-state index contributed by atoms with van der Waals surface area (Å²) in [6, 6.07) is 5.83. The van der Waals surface area contributed by atoms with Crippen molar-refractivity contribution >= 4 is 11.6 Å². The van der Waals surface area contributed by atoms with E-state index in [1.165, 1.54) is 0 Å². The minimum absolute atomic E-state index is 0.136. The molecule has 1 saturated heterocycles. The molecule has 16 heavy (non-hydrogen) atoms. The van der Waals surface area contributed by atoms with Crippen LogP contribution in [0, 0.1) is 0 Å². The first kappa shape index (κ1) is 11.7. The van der Waals surface area contributed by atoms with Gasteiger partial charge in [-0.3, -0.25) is 0 Å². The number of hydrogen-bond donors (Lipinski definition) is 2. The van der Waals surface area contributed by atoms with Gasteiger partial charge >= 0.3 is 0 Å². The third-order valence-electron chi connectivity index (χ3n) is 2.83. The number of rotatable bonds is 3. The van der Waals surface area contributed by atoms with Crippen molar-refractivity contribution in [1.29, 1.82) is 0 Å². The molecule has 0 atom stereocenters. The van der Waals surface area contributed by atoms with Gasteiger partial charge in [-0.15, -0.1) is 0 Å². The summed E-state index contributed by atoms with van der Waals surface area (Å²) in [7, 11) is 0. The average molecular weight is 242 g/mol. The van der Waals surface area contributed by atoms with Gasteiger partial charge in [-0.2, -0.15) is 0 Å². The molecule has 1 aromatic carbocycles. The molecule has 4 heteroatoms. The molecule has 0 spiro atoms. The van der Waals surface area contributed by atoms with Gasteiger partial charge in [0.1, 0.15) is 5.75 Å². The Balaban J connectivity index is 1.86. The third-order valence-corrected chi connectivity index (χ3v) is 3.13. The molecular weight excluding hydrogens is 226 g/mol. The molecule has 0 radical (unpaired) electrons. The quantitative estimate of drug-likeness (QED) is 0.854. The molecule has 0 amide bonds. The van der Waals surface area contributed by atoms with Crippen LogP contribution in [0.5, 0.6) is 5.75 Å².